The molecule has 0 saturated carbocycles. The number of rotatable bonds is 3. The molecule has 1 aromatic carbocycles. The first-order valence-electron chi connectivity index (χ1n) is 4.02. The van der Waals surface area contributed by atoms with Crippen molar-refractivity contribution in [1.82, 2.24) is 0 Å². The van der Waals surface area contributed by atoms with E-state index in [0.717, 1.165) is 0 Å². The van der Waals surface area contributed by atoms with Gasteiger partial charge in [-0.1, -0.05) is 0 Å². The molecule has 0 heterocycles. The lowest BCUT2D eigenvalue weighted by atomic mass is 10.3. The van der Waals surface area contributed by atoms with Crippen LogP contribution in [0.2, 0.25) is 0 Å². The summed E-state index contributed by atoms with van der Waals surface area (Å²) in [6.45, 7) is 0. The highest BCUT2D eigenvalue weighted by atomic mass is 16.2. The Hall–Kier alpha value is -2.46. The van der Waals surface area contributed by atoms with Gasteiger partial charge < -0.3 is 16.6 Å². The van der Waals surface area contributed by atoms with Crippen LogP contribution in [0.5, 0.6) is 0 Å². The van der Waals surface area contributed by atoms with Crippen LogP contribution in [-0.4, -0.2) is 22.7 Å². The van der Waals surface area contributed by atoms with Crippen molar-refractivity contribution in [3.63, 3.8) is 0 Å². The fourth-order valence-electron chi connectivity index (χ4n) is 0.870. The van der Waals surface area contributed by atoms with Crippen LogP contribution in [0, 0.1) is 0 Å². The van der Waals surface area contributed by atoms with Gasteiger partial charge in [0.2, 0.25) is 0 Å². The Kier molecular flexibility index (Phi) is 3.32. The zero-order chi connectivity index (χ0) is 11.3. The second-order valence-electron chi connectivity index (χ2n) is 2.68. The minimum atomic E-state index is -0.936. The molecule has 6 heteroatoms. The van der Waals surface area contributed by atoms with Gasteiger partial charge in [0.1, 0.15) is 0 Å². The minimum absolute atomic E-state index is 0.439. The third-order valence-electron chi connectivity index (χ3n) is 1.57. The van der Waals surface area contributed by atoms with Gasteiger partial charge in [0, 0.05) is 11.4 Å². The molecular formula is C9H8N4O2. The first-order valence-corrected chi connectivity index (χ1v) is 4.02. The molecule has 0 radical (unpaired) electrons. The van der Waals surface area contributed by atoms with Gasteiger partial charge in [0.15, 0.2) is 0 Å². The van der Waals surface area contributed by atoms with E-state index >= 15 is 0 Å². The van der Waals surface area contributed by atoms with E-state index in [1.54, 1.807) is 24.3 Å². The largest absolute Gasteiger partial charge is 0.399 e. The molecule has 0 fully saturated rings. The first kappa shape index (κ1) is 10.6. The van der Waals surface area contributed by atoms with Gasteiger partial charge >= 0.3 is 17.9 Å². The first-order chi connectivity index (χ1) is 7.13. The van der Waals surface area contributed by atoms with Gasteiger partial charge in [0.05, 0.1) is 0 Å². The number of hydrogen-bond donors (Lipinski definition) is 2. The number of ketones is 1. The lowest BCUT2D eigenvalue weighted by Crippen LogP contribution is -2.23. The number of carbonyl (C=O) groups is 2. The van der Waals surface area contributed by atoms with Crippen LogP contribution >= 0.6 is 0 Å². The van der Waals surface area contributed by atoms with Gasteiger partial charge in [0.25, 0.3) is 0 Å². The quantitative estimate of drug-likeness (QED) is 0.239. The molecular weight excluding hydrogens is 196 g/mol. The molecule has 1 amide bonds. The molecule has 76 valence electrons. The number of anilines is 2. The molecule has 3 N–H and O–H groups in total. The summed E-state index contributed by atoms with van der Waals surface area (Å²) in [6.07, 6.45) is 0.520. The summed E-state index contributed by atoms with van der Waals surface area (Å²) in [7, 11) is 0. The number of nitrogens with one attached hydrogen (secondary N) is 1. The van der Waals surface area contributed by atoms with Gasteiger partial charge in [-0.05, 0) is 24.3 Å². The van der Waals surface area contributed by atoms with Crippen LogP contribution < -0.4 is 11.1 Å². The maximum atomic E-state index is 11.1. The van der Waals surface area contributed by atoms with E-state index in [1.165, 1.54) is 0 Å². The summed E-state index contributed by atoms with van der Waals surface area (Å²) in [5.74, 6) is -1.81. The molecule has 0 bridgehead atoms. The van der Waals surface area contributed by atoms with Gasteiger partial charge in [-0.2, -0.15) is 4.79 Å². The minimum Gasteiger partial charge on any atom is -0.399 e. The Morgan fingerprint density at radius 2 is 1.93 bits per heavy atom. The Balaban J connectivity index is 2.70. The second-order valence-corrected chi connectivity index (χ2v) is 2.68. The van der Waals surface area contributed by atoms with E-state index < -0.39 is 11.7 Å². The molecule has 0 spiro atoms. The number of nitrogens with two attached hydrogens (primary N) is 1. The maximum absolute atomic E-state index is 11.1. The Morgan fingerprint density at radius 1 is 1.33 bits per heavy atom. The predicted molar refractivity (Wildman–Crippen MR) is 54.2 cm³/mol. The third kappa shape index (κ3) is 3.06. The molecule has 6 nitrogen and oxygen atoms in total. The van der Waals surface area contributed by atoms with Crippen molar-refractivity contribution in [2.45, 2.75) is 0 Å². The Labute approximate surface area is 85.3 Å². The fraction of sp³-hybridized carbons (Fsp3) is 0. The van der Waals surface area contributed by atoms with E-state index in [4.69, 9.17) is 11.3 Å². The van der Waals surface area contributed by atoms with Crippen LogP contribution in [0.4, 0.5) is 11.4 Å². The SMILES string of the molecule is [N-]=[N+]=CC(=O)C(=O)Nc1ccc(N)cc1. The van der Waals surface area contributed by atoms with Crippen LogP contribution in [0.25, 0.3) is 5.53 Å². The molecule has 0 saturated heterocycles. The van der Waals surface area contributed by atoms with Crippen LogP contribution in [0.15, 0.2) is 24.3 Å². The van der Waals surface area contributed by atoms with Crippen molar-refractivity contribution in [1.29, 1.82) is 0 Å². The zero-order valence-corrected chi connectivity index (χ0v) is 7.68. The van der Waals surface area contributed by atoms with Gasteiger partial charge in [-0.15, -0.1) is 0 Å². The monoisotopic (exact) mass is 204 g/mol. The summed E-state index contributed by atoms with van der Waals surface area (Å²) in [4.78, 5) is 24.4. The molecule has 0 atom stereocenters. The lowest BCUT2D eigenvalue weighted by Gasteiger charge is -2.01. The van der Waals surface area contributed by atoms with Crippen molar-refractivity contribution in [2.75, 3.05) is 11.1 Å². The molecule has 0 aliphatic rings. The molecule has 1 aromatic rings. The Bertz CT molecular complexity index is 432. The summed E-state index contributed by atoms with van der Waals surface area (Å²) in [5.41, 5.74) is 14.5. The standard InChI is InChI=1S/C9H8N4O2/c10-6-1-3-7(4-2-6)13-9(15)8(14)5-12-11/h1-5H,10H2,(H,13,15). The number of carbonyl (C=O) groups excluding carboxylic acids is 2. The Morgan fingerprint density at radius 3 is 2.47 bits per heavy atom. The number of nitrogen functional groups attached to an aromatic ring is 1. The summed E-state index contributed by atoms with van der Waals surface area (Å²) >= 11 is 0. The molecule has 15 heavy (non-hydrogen) atoms. The van der Waals surface area contributed by atoms with Crippen LogP contribution in [-0.2, 0) is 9.59 Å². The highest BCUT2D eigenvalue weighted by Gasteiger charge is 2.14. The molecule has 0 aliphatic heterocycles. The number of nitrogens with zero attached hydrogens (tertiary/aromatic N) is 2. The van der Waals surface area contributed by atoms with E-state index in [9.17, 15) is 9.59 Å². The summed E-state index contributed by atoms with van der Waals surface area (Å²) < 4.78 is 0. The summed E-state index contributed by atoms with van der Waals surface area (Å²) in [6, 6.07) is 6.27. The van der Waals surface area contributed by atoms with Crippen molar-refractivity contribution in [3.05, 3.63) is 29.8 Å². The third-order valence-corrected chi connectivity index (χ3v) is 1.57. The van der Waals surface area contributed by atoms with Crippen molar-refractivity contribution in [3.8, 4) is 0 Å². The van der Waals surface area contributed by atoms with E-state index in [0.29, 0.717) is 17.6 Å². The van der Waals surface area contributed by atoms with E-state index in [-0.39, 0.29) is 0 Å². The van der Waals surface area contributed by atoms with Crippen LogP contribution in [0.1, 0.15) is 0 Å². The van der Waals surface area contributed by atoms with Crippen molar-refractivity contribution >= 4 is 29.3 Å². The van der Waals surface area contributed by atoms with Gasteiger partial charge in [-0.25, -0.2) is 0 Å². The number of Topliss-reactive ketones (excluding diaryl/α,β-unsaturated/α-hetero) is 1. The average Bonchev–Trinajstić information content (AvgIpc) is 2.22. The normalized spacial score (nSPS) is 8.80. The molecule has 0 aromatic heterocycles. The average molecular weight is 204 g/mol. The van der Waals surface area contributed by atoms with Crippen molar-refractivity contribution < 1.29 is 14.4 Å². The fourth-order valence-corrected chi connectivity index (χ4v) is 0.870. The van der Waals surface area contributed by atoms with Crippen LogP contribution in [0.3, 0.4) is 0 Å². The highest BCUT2D eigenvalue weighted by Crippen LogP contribution is 2.09. The summed E-state index contributed by atoms with van der Waals surface area (Å²) in [5, 5.41) is 2.31. The topological polar surface area (TPSA) is 109 Å². The van der Waals surface area contributed by atoms with Crippen molar-refractivity contribution in [2.24, 2.45) is 0 Å². The van der Waals surface area contributed by atoms with Gasteiger partial charge in [-0.3, -0.25) is 9.59 Å². The number of hydrogen-bond acceptors (Lipinski definition) is 3. The smallest absolute Gasteiger partial charge is 0.333 e. The zero-order valence-electron chi connectivity index (χ0n) is 7.68. The lowest BCUT2D eigenvalue weighted by molar-refractivity contribution is -0.132. The molecule has 1 rings (SSSR count). The molecule has 0 aliphatic carbocycles. The number of amides is 1. The highest BCUT2D eigenvalue weighted by molar-refractivity contribution is 6.59. The van der Waals surface area contributed by atoms with E-state index in [2.05, 4.69) is 10.1 Å². The predicted octanol–water partition coefficient (Wildman–Crippen LogP) is 0.0770. The van der Waals surface area contributed by atoms with E-state index in [1.807, 2.05) is 0 Å². The number of benzene rings is 1. The molecule has 0 unspecified atom stereocenters. The maximum Gasteiger partial charge on any atom is 0.333 e. The second kappa shape index (κ2) is 4.69.